The zero-order valence-electron chi connectivity index (χ0n) is 18.5. The van der Waals surface area contributed by atoms with E-state index in [1.165, 1.54) is 5.56 Å². The van der Waals surface area contributed by atoms with E-state index in [0.717, 1.165) is 32.7 Å². The maximum atomic E-state index is 10.3. The molecule has 0 saturated carbocycles. The highest BCUT2D eigenvalue weighted by molar-refractivity contribution is 5.43. The summed E-state index contributed by atoms with van der Waals surface area (Å²) in [5, 5.41) is 10.3. The van der Waals surface area contributed by atoms with Crippen LogP contribution in [0.3, 0.4) is 0 Å². The average Bonchev–Trinajstić information content (AvgIpc) is 2.66. The fourth-order valence-corrected chi connectivity index (χ4v) is 3.41. The van der Waals surface area contributed by atoms with Crippen LogP contribution in [0.2, 0.25) is 0 Å². The highest BCUT2D eigenvalue weighted by atomic mass is 16.5. The number of aliphatic hydroxyl groups is 1. The topological polar surface area (TPSA) is 48.4 Å². The Morgan fingerprint density at radius 1 is 1.07 bits per heavy atom. The Morgan fingerprint density at radius 3 is 2.32 bits per heavy atom. The van der Waals surface area contributed by atoms with Crippen molar-refractivity contribution >= 4 is 0 Å². The van der Waals surface area contributed by atoms with Gasteiger partial charge in [-0.3, -0.25) is 9.80 Å². The molecule has 0 spiro atoms. The van der Waals surface area contributed by atoms with Crippen molar-refractivity contribution in [1.82, 2.24) is 14.7 Å². The van der Waals surface area contributed by atoms with Gasteiger partial charge >= 0.3 is 0 Å². The van der Waals surface area contributed by atoms with Gasteiger partial charge in [-0.2, -0.15) is 0 Å². The van der Waals surface area contributed by atoms with Crippen LogP contribution in [-0.4, -0.2) is 91.5 Å². The van der Waals surface area contributed by atoms with Crippen LogP contribution in [0, 0.1) is 0 Å². The van der Waals surface area contributed by atoms with Gasteiger partial charge in [0.05, 0.1) is 7.11 Å². The molecule has 1 N–H and O–H groups in total. The minimum absolute atomic E-state index is 0.254. The van der Waals surface area contributed by atoms with Crippen LogP contribution < -0.4 is 9.47 Å². The number of rotatable bonds is 10. The first kappa shape index (κ1) is 22.9. The second-order valence-corrected chi connectivity index (χ2v) is 8.39. The highest BCUT2D eigenvalue weighted by Crippen LogP contribution is 2.29. The van der Waals surface area contributed by atoms with E-state index in [0.29, 0.717) is 30.1 Å². The number of aliphatic hydroxyl groups excluding tert-OH is 1. The number of piperazine rings is 1. The summed E-state index contributed by atoms with van der Waals surface area (Å²) in [7, 11) is 3.66. The number of likely N-dealkylation sites (N-methyl/N-ethyl adjacent to an activating group) is 1. The number of benzene rings is 1. The van der Waals surface area contributed by atoms with Crippen molar-refractivity contribution in [3.63, 3.8) is 0 Å². The van der Waals surface area contributed by atoms with E-state index in [-0.39, 0.29) is 6.61 Å². The maximum Gasteiger partial charge on any atom is 0.161 e. The molecule has 160 valence electrons. The second kappa shape index (κ2) is 11.0. The van der Waals surface area contributed by atoms with Gasteiger partial charge in [0.15, 0.2) is 11.5 Å². The summed E-state index contributed by atoms with van der Waals surface area (Å²) in [5.74, 6) is 1.41. The molecule has 1 saturated heterocycles. The van der Waals surface area contributed by atoms with Gasteiger partial charge in [-0.1, -0.05) is 6.07 Å². The fourth-order valence-electron chi connectivity index (χ4n) is 3.41. The Labute approximate surface area is 171 Å². The molecule has 6 heteroatoms. The first-order chi connectivity index (χ1) is 13.3. The van der Waals surface area contributed by atoms with Crippen molar-refractivity contribution in [3.05, 3.63) is 23.8 Å². The summed E-state index contributed by atoms with van der Waals surface area (Å²) < 4.78 is 11.4. The maximum absolute atomic E-state index is 10.3. The summed E-state index contributed by atoms with van der Waals surface area (Å²) in [5.41, 5.74) is 1.21. The van der Waals surface area contributed by atoms with E-state index in [2.05, 4.69) is 48.5 Å². The lowest BCUT2D eigenvalue weighted by molar-refractivity contribution is 0.0667. The van der Waals surface area contributed by atoms with Gasteiger partial charge in [-0.15, -0.1) is 0 Å². The van der Waals surface area contributed by atoms with Crippen molar-refractivity contribution in [2.24, 2.45) is 0 Å². The molecular weight excluding hydrogens is 354 g/mol. The molecule has 28 heavy (non-hydrogen) atoms. The smallest absolute Gasteiger partial charge is 0.161 e. The summed E-state index contributed by atoms with van der Waals surface area (Å²) in [4.78, 5) is 7.12. The van der Waals surface area contributed by atoms with Crippen LogP contribution in [0.15, 0.2) is 18.2 Å². The average molecular weight is 394 g/mol. The van der Waals surface area contributed by atoms with Gasteiger partial charge in [0, 0.05) is 51.4 Å². The lowest BCUT2D eigenvalue weighted by Crippen LogP contribution is -2.48. The molecule has 0 aliphatic carbocycles. The molecular formula is C22H39N3O3. The van der Waals surface area contributed by atoms with Gasteiger partial charge in [0.1, 0.15) is 12.7 Å². The molecule has 1 aromatic carbocycles. The first-order valence-electron chi connectivity index (χ1n) is 10.4. The van der Waals surface area contributed by atoms with Crippen molar-refractivity contribution < 1.29 is 14.6 Å². The number of hydrogen-bond acceptors (Lipinski definition) is 6. The minimum atomic E-state index is -0.537. The monoisotopic (exact) mass is 393 g/mol. The summed E-state index contributed by atoms with van der Waals surface area (Å²) >= 11 is 0. The van der Waals surface area contributed by atoms with Crippen LogP contribution in [0.4, 0.5) is 0 Å². The van der Waals surface area contributed by atoms with Crippen molar-refractivity contribution in [3.8, 4) is 11.5 Å². The van der Waals surface area contributed by atoms with Crippen LogP contribution in [0.5, 0.6) is 11.5 Å². The van der Waals surface area contributed by atoms with Crippen LogP contribution in [0.1, 0.15) is 33.3 Å². The van der Waals surface area contributed by atoms with Gasteiger partial charge in [-0.05, 0) is 52.4 Å². The zero-order valence-corrected chi connectivity index (χ0v) is 18.5. The van der Waals surface area contributed by atoms with E-state index in [1.807, 2.05) is 19.2 Å². The lowest BCUT2D eigenvalue weighted by atomic mass is 10.1. The first-order valence-corrected chi connectivity index (χ1v) is 10.4. The lowest BCUT2D eigenvalue weighted by Gasteiger charge is -2.37. The second-order valence-electron chi connectivity index (χ2n) is 8.39. The quantitative estimate of drug-likeness (QED) is 0.658. The molecule has 6 nitrogen and oxygen atoms in total. The Bertz CT molecular complexity index is 586. The Morgan fingerprint density at radius 2 is 1.75 bits per heavy atom. The standard InChI is InChI=1S/C22H39N3O3/c1-17(2)23(5)15-20(26)16-28-22-13-19(7-8-21(22)27-6)14-24-9-11-25(12-10-24)18(3)4/h7-8,13,17-18,20,26H,9-12,14-16H2,1-6H3/t20-/m0/s1. The molecule has 1 aliphatic rings. The molecule has 0 bridgehead atoms. The molecule has 0 aromatic heterocycles. The fraction of sp³-hybridized carbons (Fsp3) is 0.727. The Kier molecular flexibility index (Phi) is 9.02. The van der Waals surface area contributed by atoms with Crippen molar-refractivity contribution in [1.29, 1.82) is 0 Å². The number of methoxy groups -OCH3 is 1. The Balaban J connectivity index is 1.92. The molecule has 1 aliphatic heterocycles. The minimum Gasteiger partial charge on any atom is -0.493 e. The molecule has 1 atom stereocenters. The highest BCUT2D eigenvalue weighted by Gasteiger charge is 2.19. The van der Waals surface area contributed by atoms with Crippen molar-refractivity contribution in [2.75, 3.05) is 53.5 Å². The number of ether oxygens (including phenoxy) is 2. The van der Waals surface area contributed by atoms with Crippen molar-refractivity contribution in [2.45, 2.75) is 52.4 Å². The van der Waals surface area contributed by atoms with E-state index >= 15 is 0 Å². The summed E-state index contributed by atoms with van der Waals surface area (Å²) in [6, 6.07) is 7.12. The van der Waals surface area contributed by atoms with Gasteiger partial charge in [-0.25, -0.2) is 0 Å². The van der Waals surface area contributed by atoms with E-state index in [9.17, 15) is 5.11 Å². The third kappa shape index (κ3) is 6.92. The number of nitrogens with zero attached hydrogens (tertiary/aromatic N) is 3. The predicted octanol–water partition coefficient (Wildman–Crippen LogP) is 2.30. The van der Waals surface area contributed by atoms with Crippen LogP contribution in [-0.2, 0) is 6.54 Å². The van der Waals surface area contributed by atoms with Crippen LogP contribution in [0.25, 0.3) is 0 Å². The van der Waals surface area contributed by atoms with Gasteiger partial charge in [0.2, 0.25) is 0 Å². The molecule has 2 rings (SSSR count). The summed E-state index contributed by atoms with van der Waals surface area (Å²) in [6.45, 7) is 14.9. The van der Waals surface area contributed by atoms with E-state index in [1.54, 1.807) is 7.11 Å². The molecule has 1 aromatic rings. The zero-order chi connectivity index (χ0) is 20.7. The van der Waals surface area contributed by atoms with Gasteiger partial charge in [0.25, 0.3) is 0 Å². The van der Waals surface area contributed by atoms with Crippen LogP contribution >= 0.6 is 0 Å². The van der Waals surface area contributed by atoms with Gasteiger partial charge < -0.3 is 19.5 Å². The number of hydrogen-bond donors (Lipinski definition) is 1. The molecule has 1 fully saturated rings. The van der Waals surface area contributed by atoms with E-state index < -0.39 is 6.10 Å². The largest absolute Gasteiger partial charge is 0.493 e. The SMILES string of the molecule is COc1ccc(CN2CCN(C(C)C)CC2)cc1OC[C@@H](O)CN(C)C(C)C. The van der Waals surface area contributed by atoms with E-state index in [4.69, 9.17) is 9.47 Å². The molecule has 0 amide bonds. The molecule has 0 unspecified atom stereocenters. The Hall–Kier alpha value is -1.34. The predicted molar refractivity (Wildman–Crippen MR) is 114 cm³/mol. The summed E-state index contributed by atoms with van der Waals surface area (Å²) in [6.07, 6.45) is -0.537. The normalized spacial score (nSPS) is 17.5. The third-order valence-electron chi connectivity index (χ3n) is 5.58. The third-order valence-corrected chi connectivity index (χ3v) is 5.58. The molecule has 1 heterocycles. The molecule has 0 radical (unpaired) electrons.